The second-order valence-corrected chi connectivity index (χ2v) is 3.48. The molecule has 0 fully saturated rings. The van der Waals surface area contributed by atoms with Gasteiger partial charge < -0.3 is 14.8 Å². The monoisotopic (exact) mass is 194 g/mol. The van der Waals surface area contributed by atoms with E-state index in [9.17, 15) is 0 Å². The molecule has 0 aliphatic carbocycles. The standard InChI is InChI=1S/C10H15BO3/c1-8(2)14-7-9-3-5-10(6-4-9)11(12)13/h3-6,8,12-13H,7H2,1-2H3. The van der Waals surface area contributed by atoms with E-state index in [0.717, 1.165) is 5.56 Å². The fraction of sp³-hybridized carbons (Fsp3) is 0.400. The Balaban J connectivity index is 2.55. The average Bonchev–Trinajstić information content (AvgIpc) is 2.15. The summed E-state index contributed by atoms with van der Waals surface area (Å²) in [5.41, 5.74) is 1.53. The smallest absolute Gasteiger partial charge is 0.423 e. The van der Waals surface area contributed by atoms with Gasteiger partial charge in [-0.1, -0.05) is 24.3 Å². The van der Waals surface area contributed by atoms with E-state index in [-0.39, 0.29) is 6.10 Å². The van der Waals surface area contributed by atoms with Crippen molar-refractivity contribution in [1.82, 2.24) is 0 Å². The Bertz CT molecular complexity index is 269. The van der Waals surface area contributed by atoms with Crippen LogP contribution in [0.5, 0.6) is 0 Å². The molecule has 0 saturated carbocycles. The summed E-state index contributed by atoms with van der Waals surface area (Å²) in [4.78, 5) is 0. The van der Waals surface area contributed by atoms with Crippen molar-refractivity contribution >= 4 is 12.6 Å². The van der Waals surface area contributed by atoms with Gasteiger partial charge in [-0.2, -0.15) is 0 Å². The number of rotatable bonds is 4. The van der Waals surface area contributed by atoms with Gasteiger partial charge in [0, 0.05) is 0 Å². The molecule has 0 unspecified atom stereocenters. The molecule has 1 rings (SSSR count). The first kappa shape index (κ1) is 11.2. The van der Waals surface area contributed by atoms with Crippen LogP contribution in [0.25, 0.3) is 0 Å². The van der Waals surface area contributed by atoms with Crippen molar-refractivity contribution in [2.75, 3.05) is 0 Å². The number of hydrogen-bond donors (Lipinski definition) is 2. The molecule has 76 valence electrons. The van der Waals surface area contributed by atoms with Crippen molar-refractivity contribution in [3.8, 4) is 0 Å². The third kappa shape index (κ3) is 3.50. The zero-order valence-corrected chi connectivity index (χ0v) is 8.47. The van der Waals surface area contributed by atoms with Gasteiger partial charge in [0.25, 0.3) is 0 Å². The van der Waals surface area contributed by atoms with E-state index in [4.69, 9.17) is 14.8 Å². The normalized spacial score (nSPS) is 10.6. The number of ether oxygens (including phenoxy) is 1. The zero-order valence-electron chi connectivity index (χ0n) is 8.47. The van der Waals surface area contributed by atoms with Crippen LogP contribution in [0.15, 0.2) is 24.3 Å². The highest BCUT2D eigenvalue weighted by Crippen LogP contribution is 2.01. The molecule has 0 saturated heterocycles. The largest absolute Gasteiger partial charge is 0.488 e. The summed E-state index contributed by atoms with van der Waals surface area (Å²) in [7, 11) is -1.39. The summed E-state index contributed by atoms with van der Waals surface area (Å²) in [6, 6.07) is 7.03. The van der Waals surface area contributed by atoms with Crippen molar-refractivity contribution in [3.63, 3.8) is 0 Å². The Kier molecular flexibility index (Phi) is 4.13. The van der Waals surface area contributed by atoms with Gasteiger partial charge >= 0.3 is 7.12 Å². The minimum Gasteiger partial charge on any atom is -0.423 e. The van der Waals surface area contributed by atoms with Crippen LogP contribution in [-0.2, 0) is 11.3 Å². The van der Waals surface area contributed by atoms with E-state index in [2.05, 4.69) is 0 Å². The third-order valence-electron chi connectivity index (χ3n) is 1.86. The van der Waals surface area contributed by atoms with Crippen LogP contribution in [0, 0.1) is 0 Å². The van der Waals surface area contributed by atoms with Crippen LogP contribution < -0.4 is 5.46 Å². The van der Waals surface area contributed by atoms with E-state index in [1.165, 1.54) is 0 Å². The summed E-state index contributed by atoms with van der Waals surface area (Å²) in [6.45, 7) is 4.51. The minimum atomic E-state index is -1.39. The molecule has 1 aromatic rings. The van der Waals surface area contributed by atoms with E-state index in [1.807, 2.05) is 26.0 Å². The van der Waals surface area contributed by atoms with Gasteiger partial charge in [0.1, 0.15) is 0 Å². The highest BCUT2D eigenvalue weighted by molar-refractivity contribution is 6.58. The molecule has 0 bridgehead atoms. The topological polar surface area (TPSA) is 49.7 Å². The van der Waals surface area contributed by atoms with Crippen LogP contribution in [0.1, 0.15) is 19.4 Å². The van der Waals surface area contributed by atoms with E-state index in [0.29, 0.717) is 12.1 Å². The second-order valence-electron chi connectivity index (χ2n) is 3.48. The zero-order chi connectivity index (χ0) is 10.6. The summed E-state index contributed by atoms with van der Waals surface area (Å²) < 4.78 is 5.40. The molecular weight excluding hydrogens is 179 g/mol. The number of benzene rings is 1. The molecule has 1 aromatic carbocycles. The van der Waals surface area contributed by atoms with Crippen LogP contribution in [-0.4, -0.2) is 23.3 Å². The molecule has 0 aliphatic rings. The summed E-state index contributed by atoms with van der Waals surface area (Å²) in [6.07, 6.45) is 0.207. The first-order chi connectivity index (χ1) is 6.59. The third-order valence-corrected chi connectivity index (χ3v) is 1.86. The molecule has 4 heteroatoms. The van der Waals surface area contributed by atoms with Gasteiger partial charge in [-0.05, 0) is 24.9 Å². The van der Waals surface area contributed by atoms with E-state index >= 15 is 0 Å². The van der Waals surface area contributed by atoms with Crippen LogP contribution >= 0.6 is 0 Å². The highest BCUT2D eigenvalue weighted by Gasteiger charge is 2.09. The molecule has 0 heterocycles. The van der Waals surface area contributed by atoms with Crippen molar-refractivity contribution in [2.24, 2.45) is 0 Å². The quantitative estimate of drug-likeness (QED) is 0.677. The highest BCUT2D eigenvalue weighted by atomic mass is 16.5. The Labute approximate surface area is 84.5 Å². The Morgan fingerprint density at radius 3 is 2.21 bits per heavy atom. The fourth-order valence-electron chi connectivity index (χ4n) is 1.05. The lowest BCUT2D eigenvalue weighted by atomic mass is 9.80. The summed E-state index contributed by atoms with van der Waals surface area (Å²) >= 11 is 0. The molecule has 0 aromatic heterocycles. The van der Waals surface area contributed by atoms with E-state index in [1.54, 1.807) is 12.1 Å². The lowest BCUT2D eigenvalue weighted by molar-refractivity contribution is 0.0657. The van der Waals surface area contributed by atoms with Gasteiger partial charge in [-0.15, -0.1) is 0 Å². The second kappa shape index (κ2) is 5.15. The predicted octanol–water partition coefficient (Wildman–Crippen LogP) is 0.291. The van der Waals surface area contributed by atoms with Crippen LogP contribution in [0.3, 0.4) is 0 Å². The van der Waals surface area contributed by atoms with Crippen LogP contribution in [0.2, 0.25) is 0 Å². The van der Waals surface area contributed by atoms with Gasteiger partial charge in [0.05, 0.1) is 12.7 Å². The molecule has 0 amide bonds. The van der Waals surface area contributed by atoms with Gasteiger partial charge in [0.2, 0.25) is 0 Å². The maximum Gasteiger partial charge on any atom is 0.488 e. The lowest BCUT2D eigenvalue weighted by Gasteiger charge is -2.07. The number of hydrogen-bond acceptors (Lipinski definition) is 3. The van der Waals surface area contributed by atoms with Crippen molar-refractivity contribution < 1.29 is 14.8 Å². The first-order valence-corrected chi connectivity index (χ1v) is 4.66. The molecule has 0 spiro atoms. The Hall–Kier alpha value is -0.835. The van der Waals surface area contributed by atoms with Crippen molar-refractivity contribution in [3.05, 3.63) is 29.8 Å². The maximum atomic E-state index is 8.86. The lowest BCUT2D eigenvalue weighted by Crippen LogP contribution is -2.29. The molecule has 14 heavy (non-hydrogen) atoms. The van der Waals surface area contributed by atoms with Gasteiger partial charge in [-0.3, -0.25) is 0 Å². The van der Waals surface area contributed by atoms with Crippen LogP contribution in [0.4, 0.5) is 0 Å². The fourth-order valence-corrected chi connectivity index (χ4v) is 1.05. The van der Waals surface area contributed by atoms with Crippen molar-refractivity contribution in [1.29, 1.82) is 0 Å². The van der Waals surface area contributed by atoms with Gasteiger partial charge in [0.15, 0.2) is 0 Å². The average molecular weight is 194 g/mol. The van der Waals surface area contributed by atoms with E-state index < -0.39 is 7.12 Å². The van der Waals surface area contributed by atoms with Crippen molar-refractivity contribution in [2.45, 2.75) is 26.6 Å². The molecular formula is C10H15BO3. The SMILES string of the molecule is CC(C)OCc1ccc(B(O)O)cc1. The first-order valence-electron chi connectivity index (χ1n) is 4.66. The molecule has 0 radical (unpaired) electrons. The summed E-state index contributed by atoms with van der Waals surface area (Å²) in [5.74, 6) is 0. The minimum absolute atomic E-state index is 0.207. The molecule has 2 N–H and O–H groups in total. The molecule has 0 atom stereocenters. The Morgan fingerprint density at radius 1 is 1.21 bits per heavy atom. The molecule has 0 aliphatic heterocycles. The Morgan fingerprint density at radius 2 is 1.79 bits per heavy atom. The maximum absolute atomic E-state index is 8.86. The predicted molar refractivity (Wildman–Crippen MR) is 56.2 cm³/mol. The summed E-state index contributed by atoms with van der Waals surface area (Å²) in [5, 5.41) is 17.7. The van der Waals surface area contributed by atoms with Gasteiger partial charge in [-0.25, -0.2) is 0 Å². The molecule has 3 nitrogen and oxygen atoms in total.